The lowest BCUT2D eigenvalue weighted by atomic mass is 10.0. The maximum Gasteiger partial charge on any atom is 0.243 e. The van der Waals surface area contributed by atoms with E-state index in [1.807, 2.05) is 0 Å². The first-order valence-corrected chi connectivity index (χ1v) is 13.7. The molecule has 0 N–H and O–H groups in total. The third-order valence-corrected chi connectivity index (χ3v) is 8.41. The van der Waals surface area contributed by atoms with E-state index >= 15 is 0 Å². The van der Waals surface area contributed by atoms with Crippen LogP contribution in [0.25, 0.3) is 0 Å². The molecule has 0 bridgehead atoms. The quantitative estimate of drug-likeness (QED) is 0.306. The van der Waals surface area contributed by atoms with Gasteiger partial charge in [-0.1, -0.05) is 89.2 Å². The molecule has 1 aliphatic rings. The van der Waals surface area contributed by atoms with E-state index in [-0.39, 0.29) is 6.04 Å². The maximum absolute atomic E-state index is 13.2. The number of likely N-dealkylation sites (N-methyl/N-ethyl adjacent to an activating group) is 1. The lowest BCUT2D eigenvalue weighted by Crippen LogP contribution is -2.53. The van der Waals surface area contributed by atoms with Crippen molar-refractivity contribution in [2.45, 2.75) is 94.9 Å². The van der Waals surface area contributed by atoms with E-state index in [1.54, 1.807) is 28.6 Å². The van der Waals surface area contributed by atoms with Gasteiger partial charge in [0.15, 0.2) is 0 Å². The van der Waals surface area contributed by atoms with E-state index in [0.717, 1.165) is 25.9 Å². The molecular formula is C24H41ClN2O2S. The number of benzene rings is 1. The summed E-state index contributed by atoms with van der Waals surface area (Å²) in [4.78, 5) is 2.59. The summed E-state index contributed by atoms with van der Waals surface area (Å²) in [7, 11) is -1.38. The molecule has 2 rings (SSSR count). The molecule has 0 aromatic heterocycles. The molecule has 1 aliphatic heterocycles. The molecule has 1 saturated heterocycles. The standard InChI is InChI=1S/C24H41ClN2O2S/c1-3-4-5-6-7-8-9-10-11-12-13-14-23-21-26(2)19-20-27(23)30(28,29)24-17-15-22(25)16-18-24/h15-18,23H,3-14,19-21H2,1-2H3. The van der Waals surface area contributed by atoms with Crippen LogP contribution in [0.5, 0.6) is 0 Å². The van der Waals surface area contributed by atoms with E-state index < -0.39 is 10.0 Å². The van der Waals surface area contributed by atoms with Crippen LogP contribution in [0.1, 0.15) is 84.0 Å². The molecule has 4 nitrogen and oxygen atoms in total. The largest absolute Gasteiger partial charge is 0.303 e. The molecule has 1 heterocycles. The van der Waals surface area contributed by atoms with E-state index in [4.69, 9.17) is 11.6 Å². The van der Waals surface area contributed by atoms with Gasteiger partial charge in [-0.2, -0.15) is 4.31 Å². The fourth-order valence-electron chi connectivity index (χ4n) is 4.33. The van der Waals surface area contributed by atoms with E-state index in [1.165, 1.54) is 64.2 Å². The second kappa shape index (κ2) is 13.7. The molecule has 6 heteroatoms. The molecule has 1 aromatic carbocycles. The van der Waals surface area contributed by atoms with Crippen LogP contribution < -0.4 is 0 Å². The first-order valence-electron chi connectivity index (χ1n) is 11.9. The molecule has 1 aromatic rings. The second-order valence-corrected chi connectivity index (χ2v) is 11.1. The highest BCUT2D eigenvalue weighted by Crippen LogP contribution is 2.25. The molecule has 0 radical (unpaired) electrons. The first-order chi connectivity index (χ1) is 14.4. The zero-order valence-corrected chi connectivity index (χ0v) is 20.6. The third-order valence-electron chi connectivity index (χ3n) is 6.19. The highest BCUT2D eigenvalue weighted by atomic mass is 35.5. The Bertz CT molecular complexity index is 694. The summed E-state index contributed by atoms with van der Waals surface area (Å²) in [5, 5.41) is 0.560. The summed E-state index contributed by atoms with van der Waals surface area (Å²) in [5.74, 6) is 0. The predicted molar refractivity (Wildman–Crippen MR) is 128 cm³/mol. The van der Waals surface area contributed by atoms with Crippen LogP contribution in [0.2, 0.25) is 5.02 Å². The van der Waals surface area contributed by atoms with Crippen LogP contribution in [0, 0.1) is 0 Å². The van der Waals surface area contributed by atoms with Crippen molar-refractivity contribution < 1.29 is 8.42 Å². The van der Waals surface area contributed by atoms with Gasteiger partial charge in [0.2, 0.25) is 10.0 Å². The molecule has 0 amide bonds. The minimum absolute atomic E-state index is 0.0583. The van der Waals surface area contributed by atoms with Crippen LogP contribution in [0.3, 0.4) is 0 Å². The zero-order valence-electron chi connectivity index (χ0n) is 19.0. The number of nitrogens with zero attached hydrogens (tertiary/aromatic N) is 2. The normalized spacial score (nSPS) is 18.7. The third kappa shape index (κ3) is 8.49. The van der Waals surface area contributed by atoms with Crippen molar-refractivity contribution in [1.29, 1.82) is 0 Å². The van der Waals surface area contributed by atoms with Crippen LogP contribution in [0.4, 0.5) is 0 Å². The Morgan fingerprint density at radius 3 is 1.97 bits per heavy atom. The Labute approximate surface area is 190 Å². The second-order valence-electron chi connectivity index (χ2n) is 8.81. The number of piperazine rings is 1. The Morgan fingerprint density at radius 1 is 0.867 bits per heavy atom. The van der Waals surface area contributed by atoms with Gasteiger partial charge in [-0.15, -0.1) is 0 Å². The highest BCUT2D eigenvalue weighted by molar-refractivity contribution is 7.89. The average Bonchev–Trinajstić information content (AvgIpc) is 2.72. The first kappa shape index (κ1) is 25.6. The van der Waals surface area contributed by atoms with Crippen molar-refractivity contribution in [3.05, 3.63) is 29.3 Å². The number of hydrogen-bond acceptors (Lipinski definition) is 3. The van der Waals surface area contributed by atoms with Crippen LogP contribution in [-0.2, 0) is 10.0 Å². The summed E-state index contributed by atoms with van der Waals surface area (Å²) >= 11 is 5.94. The van der Waals surface area contributed by atoms with E-state index in [0.29, 0.717) is 16.5 Å². The Kier molecular flexibility index (Phi) is 11.7. The van der Waals surface area contributed by atoms with Crippen molar-refractivity contribution in [2.75, 3.05) is 26.7 Å². The summed E-state index contributed by atoms with van der Waals surface area (Å²) in [6.45, 7) is 4.41. The SMILES string of the molecule is CCCCCCCCCCCCCC1CN(C)CCN1S(=O)(=O)c1ccc(Cl)cc1. The van der Waals surface area contributed by atoms with E-state index in [9.17, 15) is 8.42 Å². The summed E-state index contributed by atoms with van der Waals surface area (Å²) in [5.41, 5.74) is 0. The van der Waals surface area contributed by atoms with Gasteiger partial charge < -0.3 is 4.90 Å². The van der Waals surface area contributed by atoms with Gasteiger partial charge in [-0.25, -0.2) is 8.42 Å². The van der Waals surface area contributed by atoms with Gasteiger partial charge in [0.05, 0.1) is 4.90 Å². The average molecular weight is 457 g/mol. The molecule has 0 spiro atoms. The minimum Gasteiger partial charge on any atom is -0.303 e. The zero-order chi connectivity index (χ0) is 21.8. The fraction of sp³-hybridized carbons (Fsp3) is 0.750. The smallest absolute Gasteiger partial charge is 0.243 e. The van der Waals surface area contributed by atoms with Crippen molar-refractivity contribution >= 4 is 21.6 Å². The van der Waals surface area contributed by atoms with Crippen molar-refractivity contribution in [2.24, 2.45) is 0 Å². The molecule has 1 unspecified atom stereocenters. The summed E-state index contributed by atoms with van der Waals surface area (Å²) < 4.78 is 28.1. The molecular weight excluding hydrogens is 416 g/mol. The number of rotatable bonds is 14. The van der Waals surface area contributed by atoms with Gasteiger partial charge in [0.1, 0.15) is 0 Å². The van der Waals surface area contributed by atoms with Crippen molar-refractivity contribution in [3.8, 4) is 0 Å². The lowest BCUT2D eigenvalue weighted by molar-refractivity contribution is 0.151. The lowest BCUT2D eigenvalue weighted by Gasteiger charge is -2.39. The maximum atomic E-state index is 13.2. The minimum atomic E-state index is -3.47. The molecule has 1 atom stereocenters. The van der Waals surface area contributed by atoms with Crippen molar-refractivity contribution in [3.63, 3.8) is 0 Å². The fourth-order valence-corrected chi connectivity index (χ4v) is 6.10. The Balaban J connectivity index is 1.74. The van der Waals surface area contributed by atoms with Gasteiger partial charge in [0.25, 0.3) is 0 Å². The number of hydrogen-bond donors (Lipinski definition) is 0. The monoisotopic (exact) mass is 456 g/mol. The molecule has 1 fully saturated rings. The molecule has 30 heavy (non-hydrogen) atoms. The van der Waals surface area contributed by atoms with Gasteiger partial charge in [-0.05, 0) is 37.7 Å². The topological polar surface area (TPSA) is 40.6 Å². The Morgan fingerprint density at radius 2 is 1.40 bits per heavy atom. The molecule has 0 aliphatic carbocycles. The predicted octanol–water partition coefficient (Wildman–Crippen LogP) is 6.35. The molecule has 172 valence electrons. The van der Waals surface area contributed by atoms with Crippen LogP contribution in [0.15, 0.2) is 29.2 Å². The number of unbranched alkanes of at least 4 members (excludes halogenated alkanes) is 10. The van der Waals surface area contributed by atoms with E-state index in [2.05, 4.69) is 18.9 Å². The summed E-state index contributed by atoms with van der Waals surface area (Å²) in [6, 6.07) is 6.61. The van der Waals surface area contributed by atoms with Gasteiger partial charge in [0, 0.05) is 30.7 Å². The summed E-state index contributed by atoms with van der Waals surface area (Å²) in [6.07, 6.45) is 15.4. The highest BCUT2D eigenvalue weighted by Gasteiger charge is 2.34. The van der Waals surface area contributed by atoms with Crippen LogP contribution in [-0.4, -0.2) is 50.3 Å². The molecule has 0 saturated carbocycles. The van der Waals surface area contributed by atoms with Crippen LogP contribution >= 0.6 is 11.6 Å². The van der Waals surface area contributed by atoms with Crippen molar-refractivity contribution in [1.82, 2.24) is 9.21 Å². The number of halogens is 1. The Hall–Kier alpha value is -0.620. The number of sulfonamides is 1. The van der Waals surface area contributed by atoms with Gasteiger partial charge >= 0.3 is 0 Å². The van der Waals surface area contributed by atoms with Gasteiger partial charge in [-0.3, -0.25) is 0 Å².